The van der Waals surface area contributed by atoms with E-state index in [-0.39, 0.29) is 5.92 Å². The van der Waals surface area contributed by atoms with Crippen molar-refractivity contribution in [3.05, 3.63) is 64.3 Å². The Morgan fingerprint density at radius 2 is 1.80 bits per heavy atom. The van der Waals surface area contributed by atoms with Crippen LogP contribution in [0.15, 0.2) is 53.1 Å². The molecule has 1 aromatic carbocycles. The summed E-state index contributed by atoms with van der Waals surface area (Å²) in [6.07, 6.45) is 12.1. The molecular formula is C23H24O2. The number of allylic oxidation sites excluding steroid dienone is 6. The van der Waals surface area contributed by atoms with Crippen molar-refractivity contribution in [3.8, 4) is 0 Å². The lowest BCUT2D eigenvalue weighted by Crippen LogP contribution is -2.30. The smallest absolute Gasteiger partial charge is 0.306 e. The Bertz CT molecular complexity index is 839. The number of fused-ring (bicyclic) bond motifs is 5. The first-order valence-corrected chi connectivity index (χ1v) is 9.67. The Balaban J connectivity index is 1.57. The fourth-order valence-electron chi connectivity index (χ4n) is 5.64. The van der Waals surface area contributed by atoms with E-state index in [1.807, 2.05) is 0 Å². The third-order valence-corrected chi connectivity index (χ3v) is 6.89. The van der Waals surface area contributed by atoms with E-state index in [0.29, 0.717) is 11.8 Å². The van der Waals surface area contributed by atoms with E-state index >= 15 is 0 Å². The van der Waals surface area contributed by atoms with Gasteiger partial charge in [-0.2, -0.15) is 0 Å². The van der Waals surface area contributed by atoms with Gasteiger partial charge >= 0.3 is 5.97 Å². The zero-order valence-corrected chi connectivity index (χ0v) is 14.5. The van der Waals surface area contributed by atoms with Gasteiger partial charge in [-0.25, -0.2) is 0 Å². The molecule has 0 bridgehead atoms. The number of aryl methyl sites for hydroxylation is 1. The van der Waals surface area contributed by atoms with Crippen LogP contribution in [0.3, 0.4) is 0 Å². The number of benzene rings is 1. The van der Waals surface area contributed by atoms with Crippen molar-refractivity contribution >= 4 is 11.5 Å². The highest BCUT2D eigenvalue weighted by Crippen LogP contribution is 2.51. The van der Waals surface area contributed by atoms with Crippen molar-refractivity contribution in [2.45, 2.75) is 44.9 Å². The minimum atomic E-state index is -0.611. The van der Waals surface area contributed by atoms with Crippen LogP contribution >= 0.6 is 0 Å². The van der Waals surface area contributed by atoms with Crippen molar-refractivity contribution in [1.29, 1.82) is 0 Å². The molecule has 0 aliphatic heterocycles. The molecule has 4 aliphatic rings. The van der Waals surface area contributed by atoms with Gasteiger partial charge in [0.05, 0.1) is 5.92 Å². The zero-order chi connectivity index (χ0) is 17.0. The molecule has 1 fully saturated rings. The second kappa shape index (κ2) is 5.72. The average molecular weight is 332 g/mol. The molecule has 5 rings (SSSR count). The summed E-state index contributed by atoms with van der Waals surface area (Å²) in [6, 6.07) is 8.81. The van der Waals surface area contributed by atoms with Crippen LogP contribution in [-0.2, 0) is 11.2 Å². The molecule has 0 aromatic heterocycles. The van der Waals surface area contributed by atoms with E-state index in [1.165, 1.54) is 40.7 Å². The van der Waals surface area contributed by atoms with E-state index in [1.54, 1.807) is 5.57 Å². The third kappa shape index (κ3) is 2.34. The molecule has 3 atom stereocenters. The Labute approximate surface area is 148 Å². The molecule has 0 saturated heterocycles. The first-order chi connectivity index (χ1) is 12.2. The van der Waals surface area contributed by atoms with Crippen LogP contribution in [0.5, 0.6) is 0 Å². The van der Waals surface area contributed by atoms with Crippen molar-refractivity contribution in [2.24, 2.45) is 17.8 Å². The first-order valence-electron chi connectivity index (χ1n) is 9.67. The van der Waals surface area contributed by atoms with E-state index < -0.39 is 5.97 Å². The molecule has 0 spiro atoms. The number of hydrogen-bond acceptors (Lipinski definition) is 1. The van der Waals surface area contributed by atoms with Gasteiger partial charge in [0.1, 0.15) is 0 Å². The number of carboxylic acid groups (broad SMARTS) is 1. The topological polar surface area (TPSA) is 37.3 Å². The van der Waals surface area contributed by atoms with Crippen molar-refractivity contribution in [2.75, 3.05) is 0 Å². The molecule has 1 saturated carbocycles. The fraction of sp³-hybridized carbons (Fsp3) is 0.435. The highest BCUT2D eigenvalue weighted by Gasteiger charge is 2.38. The van der Waals surface area contributed by atoms with Crippen LogP contribution in [-0.4, -0.2) is 11.1 Å². The summed E-state index contributed by atoms with van der Waals surface area (Å²) in [4.78, 5) is 11.5. The van der Waals surface area contributed by atoms with Gasteiger partial charge in [0, 0.05) is 5.92 Å². The number of rotatable bonds is 1. The first kappa shape index (κ1) is 15.2. The Kier molecular flexibility index (Phi) is 3.48. The molecule has 2 nitrogen and oxygen atoms in total. The highest BCUT2D eigenvalue weighted by molar-refractivity contribution is 5.83. The molecule has 0 amide bonds. The van der Waals surface area contributed by atoms with Crippen LogP contribution in [0.2, 0.25) is 0 Å². The Hall–Kier alpha value is -2.09. The second-order valence-corrected chi connectivity index (χ2v) is 8.05. The molecule has 128 valence electrons. The molecule has 1 N–H and O–H groups in total. The minimum Gasteiger partial charge on any atom is -0.481 e. The largest absolute Gasteiger partial charge is 0.481 e. The minimum absolute atomic E-state index is 0.173. The van der Waals surface area contributed by atoms with Crippen molar-refractivity contribution in [1.82, 2.24) is 0 Å². The summed E-state index contributed by atoms with van der Waals surface area (Å²) < 4.78 is 0. The van der Waals surface area contributed by atoms with E-state index in [2.05, 4.69) is 36.4 Å². The second-order valence-electron chi connectivity index (χ2n) is 8.05. The predicted octanol–water partition coefficient (Wildman–Crippen LogP) is 5.16. The lowest BCUT2D eigenvalue weighted by molar-refractivity contribution is -0.142. The maximum absolute atomic E-state index is 11.5. The molecular weight excluding hydrogens is 308 g/mol. The fourth-order valence-corrected chi connectivity index (χ4v) is 5.64. The number of carboxylic acids is 1. The van der Waals surface area contributed by atoms with Crippen LogP contribution in [0.1, 0.15) is 49.7 Å². The SMILES string of the molecule is O=C(O)C1CCC2CCC3C(=C2C1)C=CC1=C3CCc2ccccc21. The molecule has 25 heavy (non-hydrogen) atoms. The Morgan fingerprint density at radius 1 is 0.960 bits per heavy atom. The third-order valence-electron chi connectivity index (χ3n) is 6.89. The van der Waals surface area contributed by atoms with Gasteiger partial charge in [-0.05, 0) is 73.1 Å². The molecule has 3 unspecified atom stereocenters. The summed E-state index contributed by atoms with van der Waals surface area (Å²) in [5, 5.41) is 9.47. The van der Waals surface area contributed by atoms with Gasteiger partial charge < -0.3 is 5.11 Å². The van der Waals surface area contributed by atoms with Crippen LogP contribution in [0, 0.1) is 17.8 Å². The van der Waals surface area contributed by atoms with Gasteiger partial charge in [0.25, 0.3) is 0 Å². The van der Waals surface area contributed by atoms with Crippen LogP contribution in [0.4, 0.5) is 0 Å². The van der Waals surface area contributed by atoms with Gasteiger partial charge in [0.2, 0.25) is 0 Å². The quantitative estimate of drug-likeness (QED) is 0.771. The van der Waals surface area contributed by atoms with Gasteiger partial charge in [-0.15, -0.1) is 0 Å². The van der Waals surface area contributed by atoms with Gasteiger partial charge in [0.15, 0.2) is 0 Å². The number of hydrogen-bond donors (Lipinski definition) is 1. The molecule has 0 heterocycles. The van der Waals surface area contributed by atoms with Crippen LogP contribution < -0.4 is 0 Å². The summed E-state index contributed by atoms with van der Waals surface area (Å²) in [5.74, 6) is 0.380. The highest BCUT2D eigenvalue weighted by atomic mass is 16.4. The van der Waals surface area contributed by atoms with Gasteiger partial charge in [-0.3, -0.25) is 4.79 Å². The standard InChI is InChI=1S/C23H24O2/c24-23(25)16-6-5-15-8-10-20-19-9-7-14-3-1-2-4-17(14)18(19)11-12-21(20)22(15)13-16/h1-4,11-12,15-16,20H,5-10,13H2,(H,24,25). The van der Waals surface area contributed by atoms with E-state index in [4.69, 9.17) is 0 Å². The maximum atomic E-state index is 11.5. The lowest BCUT2D eigenvalue weighted by Gasteiger charge is -2.41. The number of aliphatic carboxylic acids is 1. The summed E-state index contributed by atoms with van der Waals surface area (Å²) in [6.45, 7) is 0. The molecule has 4 aliphatic carbocycles. The van der Waals surface area contributed by atoms with Crippen LogP contribution in [0.25, 0.3) is 5.57 Å². The normalized spacial score (nSPS) is 30.3. The van der Waals surface area contributed by atoms with Crippen molar-refractivity contribution in [3.63, 3.8) is 0 Å². The Morgan fingerprint density at radius 3 is 2.68 bits per heavy atom. The molecule has 1 aromatic rings. The molecule has 0 radical (unpaired) electrons. The van der Waals surface area contributed by atoms with Gasteiger partial charge in [-0.1, -0.05) is 47.6 Å². The number of carbonyl (C=O) groups is 1. The molecule has 2 heteroatoms. The predicted molar refractivity (Wildman–Crippen MR) is 99.0 cm³/mol. The monoisotopic (exact) mass is 332 g/mol. The average Bonchev–Trinajstić information content (AvgIpc) is 2.66. The zero-order valence-electron chi connectivity index (χ0n) is 14.5. The van der Waals surface area contributed by atoms with E-state index in [0.717, 1.165) is 32.1 Å². The summed E-state index contributed by atoms with van der Waals surface area (Å²) >= 11 is 0. The summed E-state index contributed by atoms with van der Waals surface area (Å²) in [7, 11) is 0. The van der Waals surface area contributed by atoms with Crippen molar-refractivity contribution < 1.29 is 9.90 Å². The van der Waals surface area contributed by atoms with E-state index in [9.17, 15) is 9.90 Å². The maximum Gasteiger partial charge on any atom is 0.306 e. The summed E-state index contributed by atoms with van der Waals surface area (Å²) in [5.41, 5.74) is 8.88. The lowest BCUT2D eigenvalue weighted by atomic mass is 9.63.